The summed E-state index contributed by atoms with van der Waals surface area (Å²) in [7, 11) is 0. The number of carbonyl (C=O) groups excluding carboxylic acids is 1. The number of ether oxygens (including phenoxy) is 1. The number of hydrogen-bond acceptors (Lipinski definition) is 9. The Bertz CT molecular complexity index is 1260. The minimum absolute atomic E-state index is 0.145. The first-order valence-electron chi connectivity index (χ1n) is 14.4. The van der Waals surface area contributed by atoms with E-state index < -0.39 is 5.60 Å². The highest BCUT2D eigenvalue weighted by molar-refractivity contribution is 7.99. The van der Waals surface area contributed by atoms with Gasteiger partial charge in [-0.2, -0.15) is 10.2 Å². The Morgan fingerprint density at radius 1 is 1.20 bits per heavy atom. The Balaban J connectivity index is 1.24. The van der Waals surface area contributed by atoms with Gasteiger partial charge in [-0.15, -0.1) is 11.8 Å². The minimum atomic E-state index is -0.502. The van der Waals surface area contributed by atoms with E-state index in [9.17, 15) is 10.1 Å². The second-order valence-corrected chi connectivity index (χ2v) is 14.6. The fourth-order valence-corrected chi connectivity index (χ4v) is 7.97. The summed E-state index contributed by atoms with van der Waals surface area (Å²) < 4.78 is 5.56. The fraction of sp³-hybridized carbons (Fsp3) is 0.633. The summed E-state index contributed by atoms with van der Waals surface area (Å²) in [5.41, 5.74) is 1.18. The van der Waals surface area contributed by atoms with E-state index in [1.165, 1.54) is 6.42 Å². The first-order valence-corrected chi connectivity index (χ1v) is 15.3. The summed E-state index contributed by atoms with van der Waals surface area (Å²) in [6, 6.07) is 6.42. The monoisotopic (exact) mass is 563 g/mol. The molecule has 2 aromatic heterocycles. The molecule has 1 amide bonds. The number of thioether (sulfide) groups is 1. The molecule has 6 rings (SSSR count). The van der Waals surface area contributed by atoms with Crippen LogP contribution in [0.3, 0.4) is 0 Å². The number of nitriles is 1. The van der Waals surface area contributed by atoms with Crippen LogP contribution in [-0.2, 0) is 11.3 Å². The molecule has 10 heteroatoms. The largest absolute Gasteiger partial charge is 0.444 e. The molecule has 1 unspecified atom stereocenters. The molecule has 0 saturated heterocycles. The molecule has 3 N–H and O–H groups in total. The maximum absolute atomic E-state index is 12.6. The van der Waals surface area contributed by atoms with Crippen LogP contribution < -0.4 is 16.0 Å². The molecule has 4 fully saturated rings. The molecule has 4 saturated carbocycles. The molecule has 0 radical (unpaired) electrons. The van der Waals surface area contributed by atoms with Crippen LogP contribution in [0.4, 0.5) is 16.6 Å². The maximum atomic E-state index is 12.6. The first kappa shape index (κ1) is 28.5. The number of rotatable bonds is 9. The number of nitrogens with zero attached hydrogens (tertiary/aromatic N) is 4. The van der Waals surface area contributed by atoms with Gasteiger partial charge in [0.15, 0.2) is 0 Å². The van der Waals surface area contributed by atoms with Crippen LogP contribution in [0.5, 0.6) is 0 Å². The SMILES string of the molecule is CC(C)Sc1ncccc1CNc1ncc(C#N)c(NC[C@@]23CC4C[C@H](C2)[C@@H](NC(=O)OC(C)(C)C)[C@@H](C4)C3)n1. The Hall–Kier alpha value is -3.06. The number of pyridine rings is 1. The van der Waals surface area contributed by atoms with E-state index in [4.69, 9.17) is 9.72 Å². The van der Waals surface area contributed by atoms with E-state index in [2.05, 4.69) is 51.9 Å². The van der Waals surface area contributed by atoms with Gasteiger partial charge >= 0.3 is 6.09 Å². The van der Waals surface area contributed by atoms with Gasteiger partial charge in [0.2, 0.25) is 5.95 Å². The van der Waals surface area contributed by atoms with Crippen LogP contribution in [0.2, 0.25) is 0 Å². The molecule has 2 heterocycles. The third kappa shape index (κ3) is 6.63. The van der Waals surface area contributed by atoms with Crippen molar-refractivity contribution in [3.8, 4) is 6.07 Å². The molecule has 214 valence electrons. The first-order chi connectivity index (χ1) is 19.0. The van der Waals surface area contributed by atoms with Crippen LogP contribution in [0.1, 0.15) is 77.8 Å². The lowest BCUT2D eigenvalue weighted by atomic mass is 9.48. The lowest BCUT2D eigenvalue weighted by Gasteiger charge is -2.60. The fourth-order valence-electron chi connectivity index (χ4n) is 7.11. The molecule has 0 spiro atoms. The minimum Gasteiger partial charge on any atom is -0.444 e. The summed E-state index contributed by atoms with van der Waals surface area (Å²) in [4.78, 5) is 26.2. The van der Waals surface area contributed by atoms with E-state index in [-0.39, 0.29) is 17.6 Å². The third-order valence-corrected chi connectivity index (χ3v) is 9.32. The van der Waals surface area contributed by atoms with Gasteiger partial charge in [0, 0.05) is 36.1 Å². The van der Waals surface area contributed by atoms with Crippen molar-refractivity contribution in [2.75, 3.05) is 17.2 Å². The van der Waals surface area contributed by atoms with Crippen molar-refractivity contribution in [3.05, 3.63) is 35.7 Å². The normalized spacial score (nSPS) is 26.8. The topological polar surface area (TPSA) is 125 Å². The molecular formula is C30H41N7O2S. The third-order valence-electron chi connectivity index (χ3n) is 8.26. The van der Waals surface area contributed by atoms with Crippen LogP contribution in [0.15, 0.2) is 29.6 Å². The van der Waals surface area contributed by atoms with Crippen molar-refractivity contribution < 1.29 is 9.53 Å². The number of amides is 1. The van der Waals surface area contributed by atoms with E-state index in [1.807, 2.05) is 33.0 Å². The average Bonchev–Trinajstić information content (AvgIpc) is 2.87. The smallest absolute Gasteiger partial charge is 0.407 e. The predicted molar refractivity (Wildman–Crippen MR) is 157 cm³/mol. The number of alkyl carbamates (subject to hydrolysis) is 1. The molecule has 0 aromatic carbocycles. The van der Waals surface area contributed by atoms with Crippen molar-refractivity contribution in [1.29, 1.82) is 5.26 Å². The molecule has 4 aliphatic rings. The molecule has 4 bridgehead atoms. The van der Waals surface area contributed by atoms with Gasteiger partial charge in [0.05, 0.1) is 6.20 Å². The van der Waals surface area contributed by atoms with Crippen LogP contribution >= 0.6 is 11.8 Å². The summed E-state index contributed by atoms with van der Waals surface area (Å²) in [6.45, 7) is 11.3. The second-order valence-electron chi connectivity index (χ2n) is 13.1. The number of nitrogens with one attached hydrogen (secondary N) is 3. The van der Waals surface area contributed by atoms with E-state index >= 15 is 0 Å². The number of carbonyl (C=O) groups is 1. The van der Waals surface area contributed by atoms with Crippen molar-refractivity contribution in [2.24, 2.45) is 23.2 Å². The standard InChI is InChI=1S/C30H41N7O2S/c1-18(2)40-26-20(7-6-8-32-26)15-33-27-34-16-23(14-31)25(37-27)35-17-30-11-19-9-21(12-30)24(22(10-19)13-30)36-28(38)39-29(3,4)5/h6-8,16,18-19,21-22,24H,9-13,15,17H2,1-5H3,(H,36,38)(H2,33,34,35,37)/t19?,21-,22+,24-,30+. The summed E-state index contributed by atoms with van der Waals surface area (Å²) in [5, 5.41) is 21.3. The van der Waals surface area contributed by atoms with Gasteiger partial charge in [-0.1, -0.05) is 19.9 Å². The number of hydrogen-bond donors (Lipinski definition) is 3. The molecule has 0 aliphatic heterocycles. The summed E-state index contributed by atoms with van der Waals surface area (Å²) >= 11 is 1.73. The highest BCUT2D eigenvalue weighted by Crippen LogP contribution is 2.60. The lowest BCUT2D eigenvalue weighted by Crippen LogP contribution is -2.60. The van der Waals surface area contributed by atoms with Gasteiger partial charge in [0.1, 0.15) is 28.1 Å². The maximum Gasteiger partial charge on any atom is 0.407 e. The highest BCUT2D eigenvalue weighted by Gasteiger charge is 2.55. The van der Waals surface area contributed by atoms with Crippen LogP contribution in [0, 0.1) is 34.5 Å². The van der Waals surface area contributed by atoms with E-state index in [0.29, 0.717) is 46.9 Å². The zero-order valence-electron chi connectivity index (χ0n) is 24.2. The Morgan fingerprint density at radius 2 is 1.95 bits per heavy atom. The molecule has 9 nitrogen and oxygen atoms in total. The van der Waals surface area contributed by atoms with Crippen LogP contribution in [0.25, 0.3) is 0 Å². The summed E-state index contributed by atoms with van der Waals surface area (Å²) in [6.07, 6.45) is 8.72. The second kappa shape index (κ2) is 11.4. The van der Waals surface area contributed by atoms with E-state index in [1.54, 1.807) is 18.0 Å². The van der Waals surface area contributed by atoms with Crippen molar-refractivity contribution in [1.82, 2.24) is 20.3 Å². The molecule has 5 atom stereocenters. The zero-order chi connectivity index (χ0) is 28.5. The van der Waals surface area contributed by atoms with Gasteiger partial charge in [0.25, 0.3) is 0 Å². The van der Waals surface area contributed by atoms with Gasteiger partial charge in [-0.3, -0.25) is 0 Å². The highest BCUT2D eigenvalue weighted by atomic mass is 32.2. The molecular weight excluding hydrogens is 522 g/mol. The van der Waals surface area contributed by atoms with Crippen molar-refractivity contribution in [3.63, 3.8) is 0 Å². The zero-order valence-corrected chi connectivity index (χ0v) is 25.0. The van der Waals surface area contributed by atoms with Gasteiger partial charge in [-0.25, -0.2) is 14.8 Å². The lowest BCUT2D eigenvalue weighted by molar-refractivity contribution is -0.0703. The summed E-state index contributed by atoms with van der Waals surface area (Å²) in [5.74, 6) is 2.65. The van der Waals surface area contributed by atoms with Crippen LogP contribution in [-0.4, -0.2) is 44.5 Å². The average molecular weight is 564 g/mol. The Kier molecular flexibility index (Phi) is 8.14. The Morgan fingerprint density at radius 3 is 2.62 bits per heavy atom. The van der Waals surface area contributed by atoms with Gasteiger partial charge < -0.3 is 20.7 Å². The molecule has 40 heavy (non-hydrogen) atoms. The predicted octanol–water partition coefficient (Wildman–Crippen LogP) is 5.99. The quantitative estimate of drug-likeness (QED) is 0.316. The van der Waals surface area contributed by atoms with Crippen molar-refractivity contribution in [2.45, 2.75) is 95.2 Å². The number of aromatic nitrogens is 3. The number of anilines is 2. The van der Waals surface area contributed by atoms with E-state index in [0.717, 1.165) is 42.8 Å². The molecule has 4 aliphatic carbocycles. The van der Waals surface area contributed by atoms with Crippen molar-refractivity contribution >= 4 is 29.6 Å². The van der Waals surface area contributed by atoms with Gasteiger partial charge in [-0.05, 0) is 82.1 Å². The Labute approximate surface area is 241 Å². The molecule has 2 aromatic rings.